The summed E-state index contributed by atoms with van der Waals surface area (Å²) in [6.07, 6.45) is 2.29. The van der Waals surface area contributed by atoms with Gasteiger partial charge in [0, 0.05) is 0 Å². The third-order valence-corrected chi connectivity index (χ3v) is 8.75. The SMILES string of the molecule is [CH3][Ga][N](/C(C)=C\C(C)=Nc1c(C(C)C)cccc1C(C)C)c1c(C(C)C)cccc1C(C)C. The van der Waals surface area contributed by atoms with Crippen LogP contribution >= 0.6 is 0 Å². The molecule has 0 fully saturated rings. The summed E-state index contributed by atoms with van der Waals surface area (Å²) in [5.41, 5.74) is 13.0. The van der Waals surface area contributed by atoms with Gasteiger partial charge in [0.15, 0.2) is 0 Å². The number of rotatable bonds is 9. The van der Waals surface area contributed by atoms with Crippen molar-refractivity contribution in [1.29, 1.82) is 0 Å². The number of hydrogen-bond donors (Lipinski definition) is 0. The molecule has 2 rings (SSSR count). The van der Waals surface area contributed by atoms with Crippen LogP contribution < -0.4 is 3.61 Å². The van der Waals surface area contributed by atoms with Crippen molar-refractivity contribution >= 4 is 34.7 Å². The van der Waals surface area contributed by atoms with Gasteiger partial charge >= 0.3 is 212 Å². The number of allylic oxidation sites excluding steroid dienone is 2. The summed E-state index contributed by atoms with van der Waals surface area (Å²) >= 11 is -0.644. The molecule has 0 spiro atoms. The van der Waals surface area contributed by atoms with E-state index in [-0.39, 0.29) is 0 Å². The Bertz CT molecular complexity index is 944. The molecule has 0 bridgehead atoms. The fourth-order valence-electron chi connectivity index (χ4n) is 4.52. The second-order valence-corrected chi connectivity index (χ2v) is 12.5. The average Bonchev–Trinajstić information content (AvgIpc) is 2.73. The first kappa shape index (κ1) is 27.5. The van der Waals surface area contributed by atoms with Crippen LogP contribution in [0.1, 0.15) is 115 Å². The summed E-state index contributed by atoms with van der Waals surface area (Å²) < 4.78 is 2.63. The Hall–Kier alpha value is -1.71. The molecule has 33 heavy (non-hydrogen) atoms. The van der Waals surface area contributed by atoms with Gasteiger partial charge in [0.1, 0.15) is 0 Å². The van der Waals surface area contributed by atoms with Gasteiger partial charge in [-0.1, -0.05) is 0 Å². The minimum absolute atomic E-state index is 0.451. The van der Waals surface area contributed by atoms with E-state index in [1.165, 1.54) is 33.6 Å². The molecule has 0 unspecified atom stereocenters. The third-order valence-electron chi connectivity index (χ3n) is 6.27. The molecule has 0 saturated carbocycles. The molecule has 0 amide bonds. The van der Waals surface area contributed by atoms with Crippen molar-refractivity contribution in [2.45, 2.75) is 98.4 Å². The van der Waals surface area contributed by atoms with E-state index >= 15 is 0 Å². The van der Waals surface area contributed by atoms with E-state index in [9.17, 15) is 0 Å². The molecule has 2 nitrogen and oxygen atoms in total. The van der Waals surface area contributed by atoms with Crippen LogP contribution in [0.3, 0.4) is 0 Å². The van der Waals surface area contributed by atoms with Gasteiger partial charge in [-0.05, 0) is 0 Å². The maximum atomic E-state index is 5.20. The first-order chi connectivity index (χ1) is 15.5. The van der Waals surface area contributed by atoms with E-state index in [4.69, 9.17) is 4.99 Å². The average molecular weight is 502 g/mol. The standard InChI is InChI=1S/C29H41N2.CH3.Ga/c1-18(2)24-13-11-14-25(19(3)4)28(24)30-22(9)17-23(10)31-29-26(20(5)6)15-12-16-27(29)21(7)8;;/h11-21H,1-10H3;1H3;/q-1;;+1/b22-17-,31-23?;;. The number of nitrogens with zero attached hydrogens (tertiary/aromatic N) is 2. The van der Waals surface area contributed by atoms with Gasteiger partial charge in [-0.25, -0.2) is 0 Å². The molecule has 0 saturated heterocycles. The van der Waals surface area contributed by atoms with E-state index in [0.29, 0.717) is 23.7 Å². The fourth-order valence-corrected chi connectivity index (χ4v) is 6.70. The minimum atomic E-state index is -0.644. The van der Waals surface area contributed by atoms with Crippen LogP contribution in [0.5, 0.6) is 0 Å². The van der Waals surface area contributed by atoms with Gasteiger partial charge in [0.05, 0.1) is 0 Å². The summed E-state index contributed by atoms with van der Waals surface area (Å²) in [7, 11) is 0. The van der Waals surface area contributed by atoms with Crippen LogP contribution in [-0.4, -0.2) is 23.4 Å². The summed E-state index contributed by atoms with van der Waals surface area (Å²) in [4.78, 5) is 5.20. The summed E-state index contributed by atoms with van der Waals surface area (Å²) in [5, 5.41) is 0. The number of hydrogen-bond acceptors (Lipinski definition) is 2. The van der Waals surface area contributed by atoms with Crippen molar-refractivity contribution in [1.82, 2.24) is 0 Å². The van der Waals surface area contributed by atoms with Gasteiger partial charge < -0.3 is 0 Å². The van der Waals surface area contributed by atoms with Crippen LogP contribution in [-0.2, 0) is 0 Å². The Morgan fingerprint density at radius 1 is 0.727 bits per heavy atom. The number of para-hydroxylation sites is 2. The van der Waals surface area contributed by atoms with Gasteiger partial charge in [0.2, 0.25) is 0 Å². The molecule has 0 aliphatic carbocycles. The molecule has 2 aromatic carbocycles. The van der Waals surface area contributed by atoms with E-state index in [0.717, 1.165) is 11.4 Å². The Labute approximate surface area is 211 Å². The normalized spacial score (nSPS) is 12.9. The predicted molar refractivity (Wildman–Crippen MR) is 150 cm³/mol. The summed E-state index contributed by atoms with van der Waals surface area (Å²) in [6, 6.07) is 13.5. The van der Waals surface area contributed by atoms with Crippen LogP contribution in [0.25, 0.3) is 0 Å². The monoisotopic (exact) mass is 501 g/mol. The van der Waals surface area contributed by atoms with E-state index in [1.54, 1.807) is 0 Å². The van der Waals surface area contributed by atoms with Crippen LogP contribution in [0.2, 0.25) is 5.48 Å². The molecule has 177 valence electrons. The van der Waals surface area contributed by atoms with Crippen molar-refractivity contribution < 1.29 is 0 Å². The quantitative estimate of drug-likeness (QED) is 0.246. The summed E-state index contributed by atoms with van der Waals surface area (Å²) in [5.74, 6) is 1.90. The molecule has 0 N–H and O–H groups in total. The molecule has 0 heterocycles. The Kier molecular flexibility index (Phi) is 10.1. The summed E-state index contributed by atoms with van der Waals surface area (Å²) in [6.45, 7) is 22.7. The third kappa shape index (κ3) is 6.67. The molecule has 0 atom stereocenters. The van der Waals surface area contributed by atoms with Gasteiger partial charge in [-0.2, -0.15) is 0 Å². The topological polar surface area (TPSA) is 15.6 Å². The second kappa shape index (κ2) is 12.1. The first-order valence-corrected chi connectivity index (χ1v) is 16.1. The van der Waals surface area contributed by atoms with Crippen molar-refractivity contribution in [3.05, 3.63) is 70.4 Å². The first-order valence-electron chi connectivity index (χ1n) is 12.6. The Morgan fingerprint density at radius 3 is 1.48 bits per heavy atom. The molecule has 1 radical (unpaired) electrons. The van der Waals surface area contributed by atoms with Crippen molar-refractivity contribution in [2.24, 2.45) is 4.99 Å². The molecule has 0 aliphatic heterocycles. The molecule has 2 aromatic rings. The molecular formula is C30H44GaN2. The van der Waals surface area contributed by atoms with Crippen molar-refractivity contribution in [3.63, 3.8) is 0 Å². The fraction of sp³-hybridized carbons (Fsp3) is 0.500. The van der Waals surface area contributed by atoms with Crippen molar-refractivity contribution in [2.75, 3.05) is 3.61 Å². The predicted octanol–water partition coefficient (Wildman–Crippen LogP) is 9.35. The second-order valence-electron chi connectivity index (χ2n) is 10.4. The Morgan fingerprint density at radius 2 is 1.12 bits per heavy atom. The number of anilines is 1. The zero-order valence-electron chi connectivity index (χ0n) is 22.8. The van der Waals surface area contributed by atoms with Crippen LogP contribution in [0, 0.1) is 0 Å². The molecule has 3 heteroatoms. The van der Waals surface area contributed by atoms with Gasteiger partial charge in [0.25, 0.3) is 0 Å². The maximum absolute atomic E-state index is 5.20. The van der Waals surface area contributed by atoms with Crippen LogP contribution in [0.15, 0.2) is 53.2 Å². The Balaban J connectivity index is 2.61. The van der Waals surface area contributed by atoms with Gasteiger partial charge in [-0.3, -0.25) is 0 Å². The van der Waals surface area contributed by atoms with Crippen LogP contribution in [0.4, 0.5) is 11.4 Å². The van der Waals surface area contributed by atoms with E-state index in [1.807, 2.05) is 0 Å². The molecular weight excluding hydrogens is 458 g/mol. The molecule has 0 aromatic heterocycles. The number of benzene rings is 2. The zero-order chi connectivity index (χ0) is 24.9. The van der Waals surface area contributed by atoms with Crippen molar-refractivity contribution in [3.8, 4) is 0 Å². The van der Waals surface area contributed by atoms with E-state index < -0.39 is 17.6 Å². The molecule has 0 aliphatic rings. The zero-order valence-corrected chi connectivity index (χ0v) is 25.2. The van der Waals surface area contributed by atoms with Gasteiger partial charge in [-0.15, -0.1) is 0 Å². The van der Waals surface area contributed by atoms with E-state index in [2.05, 4.69) is 121 Å². The number of aliphatic imine (C=N–C) groups is 1.